The number of nitrogens with one attached hydrogen (secondary N) is 1. The van der Waals surface area contributed by atoms with Crippen molar-refractivity contribution in [1.82, 2.24) is 5.32 Å². The average Bonchev–Trinajstić information content (AvgIpc) is 1.68. The molecule has 1 saturated heterocycles. The van der Waals surface area contributed by atoms with E-state index in [0.29, 0.717) is 0 Å². The smallest absolute Gasteiger partial charge is 0.230 e. The zero-order valence-corrected chi connectivity index (χ0v) is 5.06. The van der Waals surface area contributed by atoms with Crippen molar-refractivity contribution in [2.45, 2.75) is 20.0 Å². The summed E-state index contributed by atoms with van der Waals surface area (Å²) < 4.78 is 0. The van der Waals surface area contributed by atoms with Crippen molar-refractivity contribution in [3.63, 3.8) is 0 Å². The van der Waals surface area contributed by atoms with Gasteiger partial charge in [0.05, 0.1) is 11.6 Å². The van der Waals surface area contributed by atoms with Gasteiger partial charge in [-0.2, -0.15) is 0 Å². The Bertz CT molecular complexity index is 130. The third-order valence-corrected chi connectivity index (χ3v) is 1.65. The summed E-state index contributed by atoms with van der Waals surface area (Å²) in [7, 11) is 0. The van der Waals surface area contributed by atoms with E-state index in [1.54, 1.807) is 0 Å². The van der Waals surface area contributed by atoms with E-state index in [-0.39, 0.29) is 17.5 Å². The molecule has 1 fully saturated rings. The highest BCUT2D eigenvalue weighted by Gasteiger charge is 2.44. The second-order valence-electron chi connectivity index (χ2n) is 2.67. The summed E-state index contributed by atoms with van der Waals surface area (Å²) in [5.41, 5.74) is 5.08. The SMILES string of the molecule is CC1(C)C(=O)N[C@@H]1N. The predicted molar refractivity (Wildman–Crippen MR) is 29.9 cm³/mol. The number of rotatable bonds is 0. The summed E-state index contributed by atoms with van der Waals surface area (Å²) in [5.74, 6) is 0.0463. The normalized spacial score (nSPS) is 33.4. The van der Waals surface area contributed by atoms with E-state index in [9.17, 15) is 4.79 Å². The van der Waals surface area contributed by atoms with Crippen molar-refractivity contribution in [2.24, 2.45) is 11.1 Å². The van der Waals surface area contributed by atoms with Gasteiger partial charge in [-0.05, 0) is 13.8 Å². The van der Waals surface area contributed by atoms with Crippen LogP contribution in [-0.2, 0) is 4.79 Å². The molecule has 0 unspecified atom stereocenters. The topological polar surface area (TPSA) is 55.1 Å². The molecule has 0 aromatic carbocycles. The Morgan fingerprint density at radius 3 is 2.25 bits per heavy atom. The van der Waals surface area contributed by atoms with Crippen LogP contribution in [-0.4, -0.2) is 12.1 Å². The molecular formula is C5H10N2O. The van der Waals surface area contributed by atoms with E-state index in [1.807, 2.05) is 13.8 Å². The van der Waals surface area contributed by atoms with Crippen LogP contribution in [0.1, 0.15) is 13.8 Å². The monoisotopic (exact) mass is 114 g/mol. The number of amides is 1. The molecular weight excluding hydrogens is 104 g/mol. The molecule has 0 aromatic heterocycles. The molecule has 3 N–H and O–H groups in total. The lowest BCUT2D eigenvalue weighted by Gasteiger charge is -2.40. The minimum atomic E-state index is -0.333. The van der Waals surface area contributed by atoms with Gasteiger partial charge < -0.3 is 11.1 Å². The second-order valence-corrected chi connectivity index (χ2v) is 2.67. The van der Waals surface area contributed by atoms with Crippen LogP contribution in [0.5, 0.6) is 0 Å². The first-order valence-corrected chi connectivity index (χ1v) is 2.61. The molecule has 1 rings (SSSR count). The van der Waals surface area contributed by atoms with Crippen LogP contribution in [0.2, 0.25) is 0 Å². The molecule has 46 valence electrons. The minimum absolute atomic E-state index is 0.0463. The van der Waals surface area contributed by atoms with E-state index < -0.39 is 0 Å². The molecule has 1 heterocycles. The Hall–Kier alpha value is -0.570. The fourth-order valence-corrected chi connectivity index (χ4v) is 0.571. The van der Waals surface area contributed by atoms with Gasteiger partial charge >= 0.3 is 0 Å². The van der Waals surface area contributed by atoms with Crippen LogP contribution in [0.25, 0.3) is 0 Å². The van der Waals surface area contributed by atoms with Crippen LogP contribution in [0, 0.1) is 5.41 Å². The van der Waals surface area contributed by atoms with Gasteiger partial charge in [0, 0.05) is 0 Å². The Morgan fingerprint density at radius 2 is 2.25 bits per heavy atom. The van der Waals surface area contributed by atoms with Crippen LogP contribution < -0.4 is 11.1 Å². The van der Waals surface area contributed by atoms with Gasteiger partial charge in [-0.1, -0.05) is 0 Å². The van der Waals surface area contributed by atoms with E-state index >= 15 is 0 Å². The summed E-state index contributed by atoms with van der Waals surface area (Å²) in [6.45, 7) is 3.66. The number of hydrogen-bond donors (Lipinski definition) is 2. The predicted octanol–water partition coefficient (Wildman–Crippen LogP) is -0.573. The molecule has 1 aliphatic rings. The Balaban J connectivity index is 2.66. The lowest BCUT2D eigenvalue weighted by atomic mass is 9.82. The molecule has 1 amide bonds. The van der Waals surface area contributed by atoms with Crippen molar-refractivity contribution < 1.29 is 4.79 Å². The molecule has 8 heavy (non-hydrogen) atoms. The van der Waals surface area contributed by atoms with Crippen molar-refractivity contribution in [2.75, 3.05) is 0 Å². The Morgan fingerprint density at radius 1 is 1.75 bits per heavy atom. The largest absolute Gasteiger partial charge is 0.339 e. The maximum atomic E-state index is 10.6. The summed E-state index contributed by atoms with van der Waals surface area (Å²) in [5, 5.41) is 2.53. The summed E-state index contributed by atoms with van der Waals surface area (Å²) in [6.07, 6.45) is -0.144. The van der Waals surface area contributed by atoms with Gasteiger partial charge in [0.1, 0.15) is 0 Å². The first-order chi connectivity index (χ1) is 3.55. The van der Waals surface area contributed by atoms with Crippen LogP contribution in [0.15, 0.2) is 0 Å². The highest BCUT2D eigenvalue weighted by molar-refractivity contribution is 5.88. The van der Waals surface area contributed by atoms with Crippen molar-refractivity contribution in [3.8, 4) is 0 Å². The van der Waals surface area contributed by atoms with Crippen molar-refractivity contribution in [1.29, 1.82) is 0 Å². The van der Waals surface area contributed by atoms with Crippen molar-refractivity contribution in [3.05, 3.63) is 0 Å². The van der Waals surface area contributed by atoms with Crippen LogP contribution in [0.3, 0.4) is 0 Å². The molecule has 1 atom stereocenters. The third kappa shape index (κ3) is 0.448. The standard InChI is InChI=1S/C5H10N2O/c1-5(2)3(6)7-4(5)8/h3H,6H2,1-2H3,(H,7,8)/t3-/m0/s1. The molecule has 0 saturated carbocycles. The highest BCUT2D eigenvalue weighted by Crippen LogP contribution is 2.25. The van der Waals surface area contributed by atoms with E-state index in [4.69, 9.17) is 5.73 Å². The van der Waals surface area contributed by atoms with Crippen LogP contribution in [0.4, 0.5) is 0 Å². The molecule has 0 aromatic rings. The number of β-lactam (4-membered cyclic amide) rings is 1. The van der Waals surface area contributed by atoms with Gasteiger partial charge in [0.2, 0.25) is 5.91 Å². The summed E-state index contributed by atoms with van der Waals surface area (Å²) >= 11 is 0. The number of nitrogens with two attached hydrogens (primary N) is 1. The van der Waals surface area contributed by atoms with Gasteiger partial charge in [0.25, 0.3) is 0 Å². The number of hydrogen-bond acceptors (Lipinski definition) is 2. The fraction of sp³-hybridized carbons (Fsp3) is 0.800. The zero-order valence-electron chi connectivity index (χ0n) is 5.06. The van der Waals surface area contributed by atoms with Gasteiger partial charge in [-0.3, -0.25) is 4.79 Å². The molecule has 0 radical (unpaired) electrons. The first kappa shape index (κ1) is 5.56. The molecule has 0 aliphatic carbocycles. The number of carbonyl (C=O) groups is 1. The number of carbonyl (C=O) groups excluding carboxylic acids is 1. The average molecular weight is 114 g/mol. The molecule has 3 heteroatoms. The molecule has 1 aliphatic heterocycles. The lowest BCUT2D eigenvalue weighted by molar-refractivity contribution is -0.142. The minimum Gasteiger partial charge on any atom is -0.339 e. The highest BCUT2D eigenvalue weighted by atomic mass is 16.2. The van der Waals surface area contributed by atoms with Gasteiger partial charge in [-0.15, -0.1) is 0 Å². The van der Waals surface area contributed by atoms with E-state index in [1.165, 1.54) is 0 Å². The van der Waals surface area contributed by atoms with E-state index in [0.717, 1.165) is 0 Å². The molecule has 0 spiro atoms. The lowest BCUT2D eigenvalue weighted by Crippen LogP contribution is -2.68. The maximum absolute atomic E-state index is 10.6. The Labute approximate surface area is 48.2 Å². The third-order valence-electron chi connectivity index (χ3n) is 1.65. The summed E-state index contributed by atoms with van der Waals surface area (Å²) in [6, 6.07) is 0. The van der Waals surface area contributed by atoms with Gasteiger partial charge in [0.15, 0.2) is 0 Å². The quantitative estimate of drug-likeness (QED) is 0.414. The molecule has 3 nitrogen and oxygen atoms in total. The van der Waals surface area contributed by atoms with Gasteiger partial charge in [-0.25, -0.2) is 0 Å². The zero-order chi connectivity index (χ0) is 6.36. The maximum Gasteiger partial charge on any atom is 0.230 e. The molecule has 0 bridgehead atoms. The Kier molecular flexibility index (Phi) is 0.854. The van der Waals surface area contributed by atoms with Crippen molar-refractivity contribution >= 4 is 5.91 Å². The van der Waals surface area contributed by atoms with Crippen LogP contribution >= 0.6 is 0 Å². The second kappa shape index (κ2) is 1.23. The summed E-state index contributed by atoms with van der Waals surface area (Å²) in [4.78, 5) is 10.6. The van der Waals surface area contributed by atoms with E-state index in [2.05, 4.69) is 5.32 Å². The fourth-order valence-electron chi connectivity index (χ4n) is 0.571. The first-order valence-electron chi connectivity index (χ1n) is 2.61.